The molecule has 0 radical (unpaired) electrons. The van der Waals surface area contributed by atoms with Crippen LogP contribution in [0.3, 0.4) is 0 Å². The second kappa shape index (κ2) is 24.7. The number of unbranched alkanes of at least 4 members (excludes halogenated alkanes) is 20. The summed E-state index contributed by atoms with van der Waals surface area (Å²) in [5.41, 5.74) is 5.53. The molecular formula is C26H57NO3Si. The zero-order valence-corrected chi connectivity index (χ0v) is 22.6. The van der Waals surface area contributed by atoms with Gasteiger partial charge in [-0.25, -0.2) is 0 Å². The molecule has 2 N–H and O–H groups in total. The fourth-order valence-corrected chi connectivity index (χ4v) is 6.20. The number of hydrogen-bond acceptors (Lipinski definition) is 4. The van der Waals surface area contributed by atoms with Crippen LogP contribution in [0.25, 0.3) is 0 Å². The Hall–Kier alpha value is 0.0569. The molecule has 188 valence electrons. The summed E-state index contributed by atoms with van der Waals surface area (Å²) >= 11 is 0. The largest absolute Gasteiger partial charge is 0.500 e. The van der Waals surface area contributed by atoms with Crippen molar-refractivity contribution >= 4 is 8.80 Å². The van der Waals surface area contributed by atoms with Crippen LogP contribution in [0.5, 0.6) is 0 Å². The van der Waals surface area contributed by atoms with E-state index < -0.39 is 8.80 Å². The molecule has 0 atom stereocenters. The highest BCUT2D eigenvalue weighted by atomic mass is 28.4. The van der Waals surface area contributed by atoms with Crippen molar-refractivity contribution < 1.29 is 13.3 Å². The van der Waals surface area contributed by atoms with Crippen LogP contribution < -0.4 is 5.73 Å². The van der Waals surface area contributed by atoms with E-state index in [0.29, 0.717) is 0 Å². The lowest BCUT2D eigenvalue weighted by molar-refractivity contribution is 0.122. The van der Waals surface area contributed by atoms with E-state index >= 15 is 0 Å². The first-order valence-corrected chi connectivity index (χ1v) is 15.5. The standard InChI is InChI=1S/C26H57NO3Si/c1-28-31(29-2,30-3)26-24-22-20-18-16-14-12-10-8-6-4-5-7-9-11-13-15-17-19-21-23-25-27/h4-27H2,1-3H3. The maximum absolute atomic E-state index is 5.53. The molecule has 0 aromatic rings. The van der Waals surface area contributed by atoms with E-state index in [4.69, 9.17) is 19.0 Å². The first-order chi connectivity index (χ1) is 15.2. The molecule has 0 unspecified atom stereocenters. The summed E-state index contributed by atoms with van der Waals surface area (Å²) in [4.78, 5) is 0. The van der Waals surface area contributed by atoms with Crippen LogP contribution in [0, 0.1) is 0 Å². The average molecular weight is 460 g/mol. The van der Waals surface area contributed by atoms with Crippen molar-refractivity contribution in [1.29, 1.82) is 0 Å². The maximum Gasteiger partial charge on any atom is 0.500 e. The van der Waals surface area contributed by atoms with E-state index in [-0.39, 0.29) is 0 Å². The Morgan fingerprint density at radius 3 is 0.839 bits per heavy atom. The Morgan fingerprint density at radius 2 is 0.613 bits per heavy atom. The van der Waals surface area contributed by atoms with E-state index in [1.807, 2.05) is 0 Å². The summed E-state index contributed by atoms with van der Waals surface area (Å²) in [5, 5.41) is 0. The van der Waals surface area contributed by atoms with Crippen LogP contribution in [0.2, 0.25) is 6.04 Å². The molecule has 0 rings (SSSR count). The summed E-state index contributed by atoms with van der Waals surface area (Å²) in [5.74, 6) is 0. The lowest BCUT2D eigenvalue weighted by atomic mass is 10.0. The fourth-order valence-electron chi connectivity index (χ4n) is 4.40. The average Bonchev–Trinajstić information content (AvgIpc) is 2.80. The lowest BCUT2D eigenvalue weighted by Crippen LogP contribution is -2.42. The van der Waals surface area contributed by atoms with Gasteiger partial charge in [0, 0.05) is 27.4 Å². The van der Waals surface area contributed by atoms with Gasteiger partial charge in [-0.05, 0) is 19.4 Å². The molecule has 0 heterocycles. The van der Waals surface area contributed by atoms with E-state index in [9.17, 15) is 0 Å². The Bertz CT molecular complexity index is 332. The highest BCUT2D eigenvalue weighted by Crippen LogP contribution is 2.19. The fraction of sp³-hybridized carbons (Fsp3) is 1.00. The molecule has 0 aliphatic carbocycles. The van der Waals surface area contributed by atoms with Crippen molar-refractivity contribution in [2.24, 2.45) is 5.73 Å². The van der Waals surface area contributed by atoms with Crippen molar-refractivity contribution in [3.63, 3.8) is 0 Å². The van der Waals surface area contributed by atoms with E-state index in [1.165, 1.54) is 128 Å². The predicted octanol–water partition coefficient (Wildman–Crippen LogP) is 8.02. The number of hydrogen-bond donors (Lipinski definition) is 1. The molecular weight excluding hydrogens is 402 g/mol. The zero-order chi connectivity index (χ0) is 22.9. The van der Waals surface area contributed by atoms with Crippen molar-refractivity contribution in [3.8, 4) is 0 Å². The molecule has 0 aromatic carbocycles. The monoisotopic (exact) mass is 459 g/mol. The zero-order valence-electron chi connectivity index (χ0n) is 21.6. The van der Waals surface area contributed by atoms with Gasteiger partial charge in [0.1, 0.15) is 0 Å². The Kier molecular flexibility index (Phi) is 24.7. The first-order valence-electron chi connectivity index (χ1n) is 13.6. The van der Waals surface area contributed by atoms with Gasteiger partial charge in [-0.3, -0.25) is 0 Å². The van der Waals surface area contributed by atoms with Crippen LogP contribution >= 0.6 is 0 Å². The van der Waals surface area contributed by atoms with Crippen LogP contribution in [-0.4, -0.2) is 36.7 Å². The Morgan fingerprint density at radius 1 is 0.387 bits per heavy atom. The highest BCUT2D eigenvalue weighted by Gasteiger charge is 2.36. The van der Waals surface area contributed by atoms with Gasteiger partial charge in [0.25, 0.3) is 0 Å². The molecule has 5 heteroatoms. The van der Waals surface area contributed by atoms with Gasteiger partial charge in [0.05, 0.1) is 0 Å². The lowest BCUT2D eigenvalue weighted by Gasteiger charge is -2.24. The van der Waals surface area contributed by atoms with E-state index in [0.717, 1.165) is 19.0 Å². The smallest absolute Gasteiger partial charge is 0.377 e. The molecule has 0 fully saturated rings. The van der Waals surface area contributed by atoms with E-state index in [2.05, 4.69) is 0 Å². The topological polar surface area (TPSA) is 53.7 Å². The molecule has 0 aliphatic rings. The summed E-state index contributed by atoms with van der Waals surface area (Å²) < 4.78 is 16.4. The molecule has 0 saturated carbocycles. The SMILES string of the molecule is CO[Si](CCCCCCCCCCCCCCCCCCCCCCCN)(OC)OC. The van der Waals surface area contributed by atoms with Gasteiger partial charge in [0.15, 0.2) is 0 Å². The number of nitrogens with two attached hydrogens (primary N) is 1. The van der Waals surface area contributed by atoms with Gasteiger partial charge in [0.2, 0.25) is 0 Å². The number of rotatable bonds is 26. The summed E-state index contributed by atoms with van der Waals surface area (Å²) in [7, 11) is 2.77. The van der Waals surface area contributed by atoms with Crippen molar-refractivity contribution in [3.05, 3.63) is 0 Å². The second-order valence-electron chi connectivity index (χ2n) is 9.26. The van der Waals surface area contributed by atoms with Crippen LogP contribution in [-0.2, 0) is 13.3 Å². The van der Waals surface area contributed by atoms with Gasteiger partial charge < -0.3 is 19.0 Å². The molecule has 0 bridgehead atoms. The summed E-state index contributed by atoms with van der Waals surface area (Å²) in [6, 6.07) is 0.937. The molecule has 31 heavy (non-hydrogen) atoms. The summed E-state index contributed by atoms with van der Waals surface area (Å²) in [6.07, 6.45) is 29.2. The van der Waals surface area contributed by atoms with Crippen molar-refractivity contribution in [1.82, 2.24) is 0 Å². The quantitative estimate of drug-likeness (QED) is 0.105. The molecule has 4 nitrogen and oxygen atoms in total. The Labute approximate surface area is 196 Å². The molecule has 0 saturated heterocycles. The Balaban J connectivity index is 3.16. The van der Waals surface area contributed by atoms with Crippen LogP contribution in [0.1, 0.15) is 135 Å². The van der Waals surface area contributed by atoms with Gasteiger partial charge in [-0.2, -0.15) is 0 Å². The van der Waals surface area contributed by atoms with Gasteiger partial charge in [-0.15, -0.1) is 0 Å². The van der Waals surface area contributed by atoms with Gasteiger partial charge >= 0.3 is 8.80 Å². The minimum absolute atomic E-state index is 0.865. The molecule has 0 aliphatic heterocycles. The van der Waals surface area contributed by atoms with Crippen LogP contribution in [0.4, 0.5) is 0 Å². The second-order valence-corrected chi connectivity index (χ2v) is 12.3. The predicted molar refractivity (Wildman–Crippen MR) is 138 cm³/mol. The van der Waals surface area contributed by atoms with Crippen molar-refractivity contribution in [2.45, 2.75) is 141 Å². The molecule has 0 spiro atoms. The normalized spacial score (nSPS) is 12.0. The van der Waals surface area contributed by atoms with Crippen molar-refractivity contribution in [2.75, 3.05) is 27.9 Å². The molecule has 0 aromatic heterocycles. The van der Waals surface area contributed by atoms with Crippen LogP contribution in [0.15, 0.2) is 0 Å². The third-order valence-electron chi connectivity index (χ3n) is 6.62. The molecule has 0 amide bonds. The summed E-state index contributed by atoms with van der Waals surface area (Å²) in [6.45, 7) is 0.865. The highest BCUT2D eigenvalue weighted by molar-refractivity contribution is 6.60. The maximum atomic E-state index is 5.53. The van der Waals surface area contributed by atoms with E-state index in [1.54, 1.807) is 21.3 Å². The minimum atomic E-state index is -2.34. The van der Waals surface area contributed by atoms with Gasteiger partial charge in [-0.1, -0.05) is 122 Å². The third kappa shape index (κ3) is 20.4. The first kappa shape index (κ1) is 31.1. The third-order valence-corrected chi connectivity index (χ3v) is 9.45. The minimum Gasteiger partial charge on any atom is -0.377 e.